The van der Waals surface area contributed by atoms with Gasteiger partial charge in [0.05, 0.1) is 22.5 Å². The van der Waals surface area contributed by atoms with Gasteiger partial charge in [0.15, 0.2) is 0 Å². The summed E-state index contributed by atoms with van der Waals surface area (Å²) in [4.78, 5) is 2.27. The van der Waals surface area contributed by atoms with Crippen LogP contribution in [-0.2, 0) is 20.0 Å². The van der Waals surface area contributed by atoms with Crippen LogP contribution < -0.4 is 19.2 Å². The number of nitrogens with one attached hydrogen (secondary N) is 2. The molecule has 1 fully saturated rings. The molecular formula is C19H27ClN4O4S2. The van der Waals surface area contributed by atoms with Crippen LogP contribution in [0.3, 0.4) is 0 Å². The minimum atomic E-state index is -3.85. The lowest BCUT2D eigenvalue weighted by Crippen LogP contribution is -2.29. The number of halogens is 1. The summed E-state index contributed by atoms with van der Waals surface area (Å²) in [6.45, 7) is 3.39. The van der Waals surface area contributed by atoms with Crippen molar-refractivity contribution >= 4 is 49.5 Å². The Bertz CT molecular complexity index is 1060. The highest BCUT2D eigenvalue weighted by Crippen LogP contribution is 2.33. The molecule has 0 radical (unpaired) electrons. The maximum atomic E-state index is 12.8. The van der Waals surface area contributed by atoms with Gasteiger partial charge in [-0.2, -0.15) is 0 Å². The summed E-state index contributed by atoms with van der Waals surface area (Å²) in [6.07, 6.45) is 2.06. The van der Waals surface area contributed by atoms with E-state index < -0.39 is 20.0 Å². The van der Waals surface area contributed by atoms with Crippen molar-refractivity contribution in [2.75, 3.05) is 53.4 Å². The molecule has 0 bridgehead atoms. The standard InChI is InChI=1S/C19H26N4O4S2.ClH/c1-22(28(2,24)25)19-15-16(23-13-6-11-20-12-14-23)9-10-18(19)21-29(26,27)17-7-4-3-5-8-17;/h3-5,7-10,15,20-21H,6,11-14H2,1-2H3;1H. The molecule has 2 aromatic carbocycles. The minimum absolute atomic E-state index is 0. The smallest absolute Gasteiger partial charge is 0.261 e. The fourth-order valence-corrected chi connectivity index (χ4v) is 4.75. The number of hydrogen-bond acceptors (Lipinski definition) is 6. The van der Waals surface area contributed by atoms with Crippen LogP contribution >= 0.6 is 12.4 Å². The van der Waals surface area contributed by atoms with E-state index in [1.165, 1.54) is 19.2 Å². The van der Waals surface area contributed by atoms with Gasteiger partial charge in [-0.15, -0.1) is 12.4 Å². The molecule has 3 rings (SSSR count). The van der Waals surface area contributed by atoms with E-state index in [2.05, 4.69) is 14.9 Å². The van der Waals surface area contributed by atoms with Crippen LogP contribution in [0.25, 0.3) is 0 Å². The Morgan fingerprint density at radius 2 is 1.70 bits per heavy atom. The third-order valence-corrected chi connectivity index (χ3v) is 7.39. The zero-order valence-electron chi connectivity index (χ0n) is 16.9. The monoisotopic (exact) mass is 474 g/mol. The lowest BCUT2D eigenvalue weighted by atomic mass is 10.2. The number of anilines is 3. The number of hydrogen-bond donors (Lipinski definition) is 2. The van der Waals surface area contributed by atoms with Gasteiger partial charge in [0.25, 0.3) is 10.0 Å². The third kappa shape index (κ3) is 5.78. The molecule has 0 spiro atoms. The first-order valence-corrected chi connectivity index (χ1v) is 12.6. The second kappa shape index (κ2) is 9.86. The lowest BCUT2D eigenvalue weighted by molar-refractivity contribution is 0.598. The maximum Gasteiger partial charge on any atom is 0.261 e. The normalized spacial score (nSPS) is 15.1. The lowest BCUT2D eigenvalue weighted by Gasteiger charge is -2.26. The Labute approximate surface area is 184 Å². The predicted octanol–water partition coefficient (Wildman–Crippen LogP) is 2.10. The summed E-state index contributed by atoms with van der Waals surface area (Å²) in [7, 11) is -6.02. The van der Waals surface area contributed by atoms with Gasteiger partial charge in [-0.05, 0) is 43.3 Å². The summed E-state index contributed by atoms with van der Waals surface area (Å²) >= 11 is 0. The Balaban J connectivity index is 0.00000320. The maximum absolute atomic E-state index is 12.8. The molecule has 2 aromatic rings. The SMILES string of the molecule is CN(c1cc(N2CCCNCC2)ccc1NS(=O)(=O)c1ccccc1)S(C)(=O)=O.Cl. The molecule has 0 aromatic heterocycles. The molecule has 1 heterocycles. The van der Waals surface area contributed by atoms with Gasteiger partial charge in [0.1, 0.15) is 0 Å². The van der Waals surface area contributed by atoms with E-state index in [1.54, 1.807) is 30.3 Å². The molecule has 1 aliphatic rings. The summed E-state index contributed by atoms with van der Waals surface area (Å²) in [5.74, 6) is 0. The molecule has 0 atom stereocenters. The van der Waals surface area contributed by atoms with E-state index in [0.717, 1.165) is 48.8 Å². The van der Waals surface area contributed by atoms with Gasteiger partial charge in [0, 0.05) is 32.4 Å². The van der Waals surface area contributed by atoms with Crippen LogP contribution in [0.15, 0.2) is 53.4 Å². The fraction of sp³-hybridized carbons (Fsp3) is 0.368. The zero-order chi connectivity index (χ0) is 21.1. The number of benzene rings is 2. The molecule has 1 aliphatic heterocycles. The van der Waals surface area contributed by atoms with Gasteiger partial charge < -0.3 is 10.2 Å². The van der Waals surface area contributed by atoms with Gasteiger partial charge in [-0.1, -0.05) is 18.2 Å². The Morgan fingerprint density at radius 1 is 1.00 bits per heavy atom. The predicted molar refractivity (Wildman–Crippen MR) is 124 cm³/mol. The summed E-state index contributed by atoms with van der Waals surface area (Å²) in [6, 6.07) is 13.1. The van der Waals surface area contributed by atoms with Crippen molar-refractivity contribution in [3.63, 3.8) is 0 Å². The average molecular weight is 475 g/mol. The van der Waals surface area contributed by atoms with Crippen molar-refractivity contribution in [1.29, 1.82) is 0 Å². The second-order valence-corrected chi connectivity index (χ2v) is 10.6. The van der Waals surface area contributed by atoms with Crippen LogP contribution in [0.5, 0.6) is 0 Å². The highest BCUT2D eigenvalue weighted by Gasteiger charge is 2.22. The highest BCUT2D eigenvalue weighted by atomic mass is 35.5. The van der Waals surface area contributed by atoms with Crippen molar-refractivity contribution in [1.82, 2.24) is 5.32 Å². The van der Waals surface area contributed by atoms with Crippen LogP contribution in [-0.4, -0.2) is 56.3 Å². The van der Waals surface area contributed by atoms with E-state index in [1.807, 2.05) is 6.07 Å². The van der Waals surface area contributed by atoms with Gasteiger partial charge in [-0.25, -0.2) is 16.8 Å². The van der Waals surface area contributed by atoms with Gasteiger partial charge in [-0.3, -0.25) is 9.03 Å². The molecule has 166 valence electrons. The second-order valence-electron chi connectivity index (χ2n) is 6.94. The molecule has 0 unspecified atom stereocenters. The van der Waals surface area contributed by atoms with Crippen molar-refractivity contribution < 1.29 is 16.8 Å². The summed E-state index contributed by atoms with van der Waals surface area (Å²) < 4.78 is 53.5. The summed E-state index contributed by atoms with van der Waals surface area (Å²) in [5, 5.41) is 3.33. The molecule has 0 amide bonds. The molecule has 0 saturated carbocycles. The third-order valence-electron chi connectivity index (χ3n) is 4.82. The topological polar surface area (TPSA) is 98.8 Å². The molecule has 30 heavy (non-hydrogen) atoms. The number of rotatable bonds is 6. The van der Waals surface area contributed by atoms with E-state index in [4.69, 9.17) is 0 Å². The molecule has 2 N–H and O–H groups in total. The first kappa shape index (κ1) is 24.3. The van der Waals surface area contributed by atoms with Crippen molar-refractivity contribution in [2.24, 2.45) is 0 Å². The molecule has 8 nitrogen and oxygen atoms in total. The van der Waals surface area contributed by atoms with Crippen LogP contribution in [0.2, 0.25) is 0 Å². The molecule has 0 aliphatic carbocycles. The first-order valence-electron chi connectivity index (χ1n) is 9.30. The van der Waals surface area contributed by atoms with Crippen molar-refractivity contribution in [3.8, 4) is 0 Å². The zero-order valence-corrected chi connectivity index (χ0v) is 19.4. The van der Waals surface area contributed by atoms with E-state index in [9.17, 15) is 16.8 Å². The van der Waals surface area contributed by atoms with Crippen LogP contribution in [0.1, 0.15) is 6.42 Å². The highest BCUT2D eigenvalue weighted by molar-refractivity contribution is 7.93. The largest absolute Gasteiger partial charge is 0.370 e. The molecule has 1 saturated heterocycles. The van der Waals surface area contributed by atoms with Crippen LogP contribution in [0.4, 0.5) is 17.1 Å². The van der Waals surface area contributed by atoms with E-state index in [0.29, 0.717) is 0 Å². The van der Waals surface area contributed by atoms with Crippen LogP contribution in [0, 0.1) is 0 Å². The first-order chi connectivity index (χ1) is 13.7. The van der Waals surface area contributed by atoms with Gasteiger partial charge >= 0.3 is 0 Å². The summed E-state index contributed by atoms with van der Waals surface area (Å²) in [5.41, 5.74) is 1.34. The quantitative estimate of drug-likeness (QED) is 0.665. The molecule has 11 heteroatoms. The Kier molecular flexibility index (Phi) is 7.98. The fourth-order valence-electron chi connectivity index (χ4n) is 3.15. The number of nitrogens with zero attached hydrogens (tertiary/aromatic N) is 2. The van der Waals surface area contributed by atoms with Crippen molar-refractivity contribution in [2.45, 2.75) is 11.3 Å². The average Bonchev–Trinajstić information content (AvgIpc) is 2.97. The molecular weight excluding hydrogens is 448 g/mol. The van der Waals surface area contributed by atoms with E-state index in [-0.39, 0.29) is 28.7 Å². The minimum Gasteiger partial charge on any atom is -0.370 e. The number of sulfonamides is 2. The van der Waals surface area contributed by atoms with Crippen molar-refractivity contribution in [3.05, 3.63) is 48.5 Å². The Morgan fingerprint density at radius 3 is 2.37 bits per heavy atom. The van der Waals surface area contributed by atoms with E-state index >= 15 is 0 Å². The van der Waals surface area contributed by atoms with Gasteiger partial charge in [0.2, 0.25) is 10.0 Å². The Hall–Kier alpha value is -2.01.